The summed E-state index contributed by atoms with van der Waals surface area (Å²) in [5.74, 6) is 0.409. The zero-order valence-electron chi connectivity index (χ0n) is 13.1. The van der Waals surface area contributed by atoms with Crippen molar-refractivity contribution in [3.63, 3.8) is 0 Å². The van der Waals surface area contributed by atoms with Gasteiger partial charge in [-0.15, -0.1) is 0 Å². The minimum Gasteiger partial charge on any atom is -0.496 e. The highest BCUT2D eigenvalue weighted by Crippen LogP contribution is 2.33. The van der Waals surface area contributed by atoms with Crippen LogP contribution in [0.3, 0.4) is 0 Å². The maximum absolute atomic E-state index is 12.2. The maximum Gasteiger partial charge on any atom is 0.251 e. The Hall–Kier alpha value is -2.07. The smallest absolute Gasteiger partial charge is 0.251 e. The molecule has 0 saturated carbocycles. The Bertz CT molecular complexity index is 693. The van der Waals surface area contributed by atoms with Crippen molar-refractivity contribution in [3.05, 3.63) is 47.1 Å². The third kappa shape index (κ3) is 3.77. The molecule has 0 fully saturated rings. The molecule has 1 aromatic heterocycles. The van der Waals surface area contributed by atoms with Gasteiger partial charge in [0.15, 0.2) is 0 Å². The van der Waals surface area contributed by atoms with Crippen molar-refractivity contribution in [1.29, 1.82) is 0 Å². The first-order valence-electron chi connectivity index (χ1n) is 6.93. The molecule has 22 heavy (non-hydrogen) atoms. The summed E-state index contributed by atoms with van der Waals surface area (Å²) in [5, 5.41) is 3.46. The molecule has 0 bridgehead atoms. The zero-order chi connectivity index (χ0) is 16.3. The summed E-state index contributed by atoms with van der Waals surface area (Å²) in [6.07, 6.45) is 1.67. The second kappa shape index (κ2) is 6.36. The van der Waals surface area contributed by atoms with E-state index in [1.807, 2.05) is 20.8 Å². The van der Waals surface area contributed by atoms with Gasteiger partial charge in [0.25, 0.3) is 5.91 Å². The van der Waals surface area contributed by atoms with E-state index in [-0.39, 0.29) is 11.4 Å². The lowest BCUT2D eigenvalue weighted by Crippen LogP contribution is -2.40. The zero-order valence-corrected chi connectivity index (χ0v) is 13.9. The topological polar surface area (TPSA) is 51.2 Å². The molecule has 0 unspecified atom stereocenters. The van der Waals surface area contributed by atoms with E-state index in [0.29, 0.717) is 22.0 Å². The van der Waals surface area contributed by atoms with Crippen LogP contribution in [0.2, 0.25) is 5.02 Å². The van der Waals surface area contributed by atoms with Gasteiger partial charge in [0.2, 0.25) is 0 Å². The number of nitrogens with zero attached hydrogens (tertiary/aromatic N) is 1. The van der Waals surface area contributed by atoms with Crippen LogP contribution < -0.4 is 10.1 Å². The number of carbonyl (C=O) groups is 1. The quantitative estimate of drug-likeness (QED) is 0.932. The fraction of sp³-hybridized carbons (Fsp3) is 0.294. The van der Waals surface area contributed by atoms with Gasteiger partial charge in [-0.05, 0) is 51.1 Å². The summed E-state index contributed by atoms with van der Waals surface area (Å²) in [5.41, 5.74) is 1.61. The average Bonchev–Trinajstić information content (AvgIpc) is 2.45. The third-order valence-corrected chi connectivity index (χ3v) is 3.27. The molecule has 1 heterocycles. The number of hydrogen-bond donors (Lipinski definition) is 1. The molecular weight excluding hydrogens is 300 g/mol. The second-order valence-corrected chi connectivity index (χ2v) is 6.36. The van der Waals surface area contributed by atoms with Crippen LogP contribution in [0.4, 0.5) is 0 Å². The van der Waals surface area contributed by atoms with Gasteiger partial charge in [-0.25, -0.2) is 0 Å². The molecule has 0 aliphatic rings. The number of ether oxygens (including phenoxy) is 1. The van der Waals surface area contributed by atoms with Crippen molar-refractivity contribution in [2.24, 2.45) is 0 Å². The van der Waals surface area contributed by atoms with Crippen LogP contribution >= 0.6 is 11.6 Å². The van der Waals surface area contributed by atoms with Crippen LogP contribution in [-0.2, 0) is 0 Å². The van der Waals surface area contributed by atoms with Gasteiger partial charge < -0.3 is 10.1 Å². The number of rotatable bonds is 3. The van der Waals surface area contributed by atoms with Crippen molar-refractivity contribution < 1.29 is 9.53 Å². The van der Waals surface area contributed by atoms with Crippen LogP contribution in [0.15, 0.2) is 36.5 Å². The standard InChI is InChI=1S/C17H19ClN2O2/c1-17(2,3)20-16(21)11-7-8-12(14(10-11)22-4)15-13(18)6-5-9-19-15/h5-10H,1-4H3,(H,20,21). The van der Waals surface area contributed by atoms with Crippen LogP contribution in [0.25, 0.3) is 11.3 Å². The molecule has 116 valence electrons. The van der Waals surface area contributed by atoms with Gasteiger partial charge in [-0.3, -0.25) is 9.78 Å². The normalized spacial score (nSPS) is 11.1. The molecule has 2 aromatic rings. The number of carbonyl (C=O) groups excluding carboxylic acids is 1. The predicted octanol–water partition coefficient (Wildman–Crippen LogP) is 3.94. The summed E-state index contributed by atoms with van der Waals surface area (Å²) in [6, 6.07) is 8.77. The van der Waals surface area contributed by atoms with E-state index in [9.17, 15) is 4.79 Å². The summed E-state index contributed by atoms with van der Waals surface area (Å²) < 4.78 is 5.40. The third-order valence-electron chi connectivity index (χ3n) is 2.97. The van der Waals surface area contributed by atoms with E-state index in [4.69, 9.17) is 16.3 Å². The van der Waals surface area contributed by atoms with E-state index in [0.717, 1.165) is 5.56 Å². The molecule has 0 saturated heterocycles. The molecule has 0 radical (unpaired) electrons. The summed E-state index contributed by atoms with van der Waals surface area (Å²) in [6.45, 7) is 5.80. The Balaban J connectivity index is 2.41. The number of benzene rings is 1. The SMILES string of the molecule is COc1cc(C(=O)NC(C)(C)C)ccc1-c1ncccc1Cl. The molecule has 1 aromatic carbocycles. The van der Waals surface area contributed by atoms with E-state index in [1.165, 1.54) is 0 Å². The monoisotopic (exact) mass is 318 g/mol. The lowest BCUT2D eigenvalue weighted by atomic mass is 10.0. The fourth-order valence-corrected chi connectivity index (χ4v) is 2.25. The Morgan fingerprint density at radius 3 is 2.59 bits per heavy atom. The molecule has 2 rings (SSSR count). The second-order valence-electron chi connectivity index (χ2n) is 5.95. The molecule has 1 N–H and O–H groups in total. The van der Waals surface area contributed by atoms with Crippen LogP contribution in [-0.4, -0.2) is 23.5 Å². The van der Waals surface area contributed by atoms with Gasteiger partial charge >= 0.3 is 0 Å². The first kappa shape index (κ1) is 16.3. The lowest BCUT2D eigenvalue weighted by Gasteiger charge is -2.21. The Morgan fingerprint density at radius 1 is 1.27 bits per heavy atom. The molecule has 0 spiro atoms. The Kier molecular flexibility index (Phi) is 4.71. The van der Waals surface area contributed by atoms with E-state index >= 15 is 0 Å². The maximum atomic E-state index is 12.2. The highest BCUT2D eigenvalue weighted by atomic mass is 35.5. The Labute approximate surface area is 135 Å². The number of halogens is 1. The number of amides is 1. The molecule has 5 heteroatoms. The van der Waals surface area contributed by atoms with E-state index in [2.05, 4.69) is 10.3 Å². The average molecular weight is 319 g/mol. The molecule has 4 nitrogen and oxygen atoms in total. The summed E-state index contributed by atoms with van der Waals surface area (Å²) in [7, 11) is 1.56. The Morgan fingerprint density at radius 2 is 2.00 bits per heavy atom. The number of methoxy groups -OCH3 is 1. The first-order valence-corrected chi connectivity index (χ1v) is 7.31. The van der Waals surface area contributed by atoms with Gasteiger partial charge in [0.05, 0.1) is 17.8 Å². The molecular formula is C17H19ClN2O2. The highest BCUT2D eigenvalue weighted by Gasteiger charge is 2.18. The van der Waals surface area contributed by atoms with Crippen molar-refractivity contribution in [2.45, 2.75) is 26.3 Å². The minimum atomic E-state index is -0.298. The van der Waals surface area contributed by atoms with Crippen molar-refractivity contribution >= 4 is 17.5 Å². The molecule has 0 atom stereocenters. The highest BCUT2D eigenvalue weighted by molar-refractivity contribution is 6.33. The van der Waals surface area contributed by atoms with Crippen molar-refractivity contribution in [3.8, 4) is 17.0 Å². The van der Waals surface area contributed by atoms with E-state index in [1.54, 1.807) is 43.6 Å². The lowest BCUT2D eigenvalue weighted by molar-refractivity contribution is 0.0919. The minimum absolute atomic E-state index is 0.149. The summed E-state index contributed by atoms with van der Waals surface area (Å²) in [4.78, 5) is 16.5. The van der Waals surface area contributed by atoms with Crippen LogP contribution in [0.5, 0.6) is 5.75 Å². The van der Waals surface area contributed by atoms with Crippen molar-refractivity contribution in [1.82, 2.24) is 10.3 Å². The van der Waals surface area contributed by atoms with Crippen LogP contribution in [0, 0.1) is 0 Å². The molecule has 0 aliphatic heterocycles. The number of nitrogens with one attached hydrogen (secondary N) is 1. The van der Waals surface area contributed by atoms with Gasteiger partial charge in [-0.2, -0.15) is 0 Å². The first-order chi connectivity index (χ1) is 10.3. The predicted molar refractivity (Wildman–Crippen MR) is 88.5 cm³/mol. The number of aromatic nitrogens is 1. The summed E-state index contributed by atoms with van der Waals surface area (Å²) >= 11 is 6.18. The van der Waals surface area contributed by atoms with Gasteiger partial charge in [0, 0.05) is 22.9 Å². The fourth-order valence-electron chi connectivity index (χ4n) is 2.02. The van der Waals surface area contributed by atoms with E-state index < -0.39 is 0 Å². The molecule has 0 aliphatic carbocycles. The number of pyridine rings is 1. The molecule has 1 amide bonds. The van der Waals surface area contributed by atoms with Crippen LogP contribution in [0.1, 0.15) is 31.1 Å². The van der Waals surface area contributed by atoms with Gasteiger partial charge in [0.1, 0.15) is 5.75 Å². The van der Waals surface area contributed by atoms with Crippen molar-refractivity contribution in [2.75, 3.05) is 7.11 Å². The van der Waals surface area contributed by atoms with Gasteiger partial charge in [-0.1, -0.05) is 11.6 Å². The largest absolute Gasteiger partial charge is 0.496 e. The number of hydrogen-bond acceptors (Lipinski definition) is 3.